The molecule has 244 valence electrons. The third-order valence-corrected chi connectivity index (χ3v) is 6.71. The summed E-state index contributed by atoms with van der Waals surface area (Å²) in [5, 5.41) is 52.4. The number of rotatable bonds is 14. The molecule has 18 nitrogen and oxygen atoms in total. The van der Waals surface area contributed by atoms with Crippen LogP contribution in [0.5, 0.6) is 0 Å². The first-order valence-corrected chi connectivity index (χ1v) is 13.5. The number of amides is 4. The highest BCUT2D eigenvalue weighted by Crippen LogP contribution is 2.31. The van der Waals surface area contributed by atoms with E-state index in [1.807, 2.05) is 0 Å². The van der Waals surface area contributed by atoms with Crippen molar-refractivity contribution in [3.05, 3.63) is 0 Å². The summed E-state index contributed by atoms with van der Waals surface area (Å²) < 4.78 is 22.4. The summed E-state index contributed by atoms with van der Waals surface area (Å²) in [6.07, 6.45) is -13.8. The molecule has 2 fully saturated rings. The number of ether oxygens (including phenoxy) is 4. The molecule has 2 unspecified atom stereocenters. The molecular weight excluding hydrogens is 580 g/mol. The van der Waals surface area contributed by atoms with Gasteiger partial charge in [0.2, 0.25) is 29.9 Å². The molecule has 2 rings (SSSR count). The van der Waals surface area contributed by atoms with Gasteiger partial charge in [-0.05, 0) is 6.42 Å². The molecule has 1 aliphatic carbocycles. The Kier molecular flexibility index (Phi) is 14.0. The molecule has 1 aliphatic heterocycles. The zero-order chi connectivity index (χ0) is 32.4. The summed E-state index contributed by atoms with van der Waals surface area (Å²) in [5.41, 5.74) is 0. The van der Waals surface area contributed by atoms with Gasteiger partial charge in [-0.25, -0.2) is 0 Å². The van der Waals surface area contributed by atoms with Crippen molar-refractivity contribution in [1.82, 2.24) is 21.3 Å². The summed E-state index contributed by atoms with van der Waals surface area (Å²) in [7, 11) is 0. The van der Waals surface area contributed by atoms with Gasteiger partial charge in [0.1, 0.15) is 42.7 Å². The normalized spacial score (nSPS) is 33.8. The molecule has 4 amide bonds. The molecule has 0 radical (unpaired) electrons. The Morgan fingerprint density at radius 3 is 1.91 bits per heavy atom. The van der Waals surface area contributed by atoms with Crippen molar-refractivity contribution in [3.63, 3.8) is 0 Å². The average Bonchev–Trinajstić information content (AvgIpc) is 2.92. The summed E-state index contributed by atoms with van der Waals surface area (Å²) >= 11 is 0. The standard InChI is InChI=1S/C25H40N4O14/c1-10(33)26-6-14(7-30)40-18(9-32)42-23-15(27-11(2)34)5-16(28-12(3)35)24(22(23)39)43-25-21(38)19(29-13(4)36)20(37)17(8-31)41-25/h7,9,14-25,31,37-39H,5-6,8H2,1-4H3,(H,26,33)(H,27,34)(H,28,35)(H,29,36)/t14?,15-,16+,17+,18?,19-,20+,21+,22-,23+,24-,25+/m0/s1. The molecule has 0 bridgehead atoms. The number of carbonyl (C=O) groups excluding carboxylic acids is 6. The molecular formula is C25H40N4O14. The Morgan fingerprint density at radius 2 is 1.42 bits per heavy atom. The monoisotopic (exact) mass is 620 g/mol. The molecule has 1 heterocycles. The molecule has 12 atom stereocenters. The summed E-state index contributed by atoms with van der Waals surface area (Å²) in [5.74, 6) is -2.21. The van der Waals surface area contributed by atoms with Crippen molar-refractivity contribution in [3.8, 4) is 0 Å². The van der Waals surface area contributed by atoms with Crippen LogP contribution in [-0.4, -0.2) is 143 Å². The fourth-order valence-corrected chi connectivity index (χ4v) is 4.92. The third kappa shape index (κ3) is 10.2. The number of carbonyl (C=O) groups is 6. The smallest absolute Gasteiger partial charge is 0.217 e. The van der Waals surface area contributed by atoms with Crippen LogP contribution in [0.15, 0.2) is 0 Å². The lowest BCUT2D eigenvalue weighted by atomic mass is 9.83. The fourth-order valence-electron chi connectivity index (χ4n) is 4.92. The van der Waals surface area contributed by atoms with Crippen LogP contribution >= 0.6 is 0 Å². The summed E-state index contributed by atoms with van der Waals surface area (Å²) in [6, 6.07) is -3.47. The second-order valence-corrected chi connectivity index (χ2v) is 10.2. The van der Waals surface area contributed by atoms with E-state index in [4.69, 9.17) is 18.9 Å². The average molecular weight is 621 g/mol. The van der Waals surface area contributed by atoms with Gasteiger partial charge < -0.3 is 65.4 Å². The number of aldehydes is 2. The van der Waals surface area contributed by atoms with Gasteiger partial charge in [0.05, 0.1) is 31.3 Å². The zero-order valence-corrected chi connectivity index (χ0v) is 24.1. The van der Waals surface area contributed by atoms with E-state index >= 15 is 0 Å². The van der Waals surface area contributed by atoms with Crippen LogP contribution in [0.25, 0.3) is 0 Å². The quantitative estimate of drug-likeness (QED) is 0.0666. The SMILES string of the molecule is CC(=O)NCC(C=O)OC(C=O)O[C@H]1[C@H](O)[C@@H](O[C@H]2O[C@H](CO)[C@@H](O)[C@H](NC(C)=O)[C@H]2O)[C@H](NC(C)=O)C[C@@H]1NC(C)=O. The molecule has 0 aromatic rings. The van der Waals surface area contributed by atoms with Crippen molar-refractivity contribution in [2.24, 2.45) is 0 Å². The Labute approximate surface area is 246 Å². The van der Waals surface area contributed by atoms with Crippen LogP contribution < -0.4 is 21.3 Å². The Balaban J connectivity index is 2.39. The van der Waals surface area contributed by atoms with Gasteiger partial charge >= 0.3 is 0 Å². The minimum atomic E-state index is -1.78. The van der Waals surface area contributed by atoms with E-state index in [2.05, 4.69) is 21.3 Å². The number of hydrogen-bond donors (Lipinski definition) is 8. The minimum absolute atomic E-state index is 0.149. The molecule has 8 N–H and O–H groups in total. The van der Waals surface area contributed by atoms with E-state index < -0.39 is 104 Å². The largest absolute Gasteiger partial charge is 0.394 e. The maximum atomic E-state index is 12.0. The Bertz CT molecular complexity index is 1000. The molecule has 0 aromatic carbocycles. The van der Waals surface area contributed by atoms with Crippen LogP contribution in [0.1, 0.15) is 34.1 Å². The van der Waals surface area contributed by atoms with Gasteiger partial charge in [0.25, 0.3) is 0 Å². The maximum absolute atomic E-state index is 12.0. The van der Waals surface area contributed by atoms with Crippen molar-refractivity contribution < 1.29 is 68.1 Å². The second kappa shape index (κ2) is 16.7. The second-order valence-electron chi connectivity index (χ2n) is 10.2. The van der Waals surface area contributed by atoms with Gasteiger partial charge in [0.15, 0.2) is 18.9 Å². The highest BCUT2D eigenvalue weighted by Gasteiger charge is 2.52. The van der Waals surface area contributed by atoms with E-state index in [-0.39, 0.29) is 19.3 Å². The maximum Gasteiger partial charge on any atom is 0.217 e. The number of hydrogen-bond acceptors (Lipinski definition) is 14. The molecule has 1 saturated heterocycles. The molecule has 43 heavy (non-hydrogen) atoms. The van der Waals surface area contributed by atoms with E-state index in [0.717, 1.165) is 6.92 Å². The van der Waals surface area contributed by atoms with E-state index in [1.54, 1.807) is 0 Å². The summed E-state index contributed by atoms with van der Waals surface area (Å²) in [6.45, 7) is 3.66. The topological polar surface area (TPSA) is 268 Å². The molecule has 1 saturated carbocycles. The first-order valence-electron chi connectivity index (χ1n) is 13.5. The number of nitrogens with one attached hydrogen (secondary N) is 4. The van der Waals surface area contributed by atoms with Crippen LogP contribution in [0.4, 0.5) is 0 Å². The van der Waals surface area contributed by atoms with E-state index in [1.165, 1.54) is 20.8 Å². The Morgan fingerprint density at radius 1 is 0.837 bits per heavy atom. The zero-order valence-electron chi connectivity index (χ0n) is 24.1. The Hall–Kier alpha value is -3.10. The predicted molar refractivity (Wildman–Crippen MR) is 140 cm³/mol. The van der Waals surface area contributed by atoms with Crippen LogP contribution in [0.2, 0.25) is 0 Å². The van der Waals surface area contributed by atoms with Crippen LogP contribution in [0, 0.1) is 0 Å². The van der Waals surface area contributed by atoms with Gasteiger partial charge in [-0.2, -0.15) is 0 Å². The highest BCUT2D eigenvalue weighted by molar-refractivity contribution is 5.75. The lowest BCUT2D eigenvalue weighted by Crippen LogP contribution is -2.69. The van der Waals surface area contributed by atoms with Crippen LogP contribution in [-0.2, 0) is 47.7 Å². The summed E-state index contributed by atoms with van der Waals surface area (Å²) in [4.78, 5) is 70.2. The van der Waals surface area contributed by atoms with Crippen molar-refractivity contribution in [1.29, 1.82) is 0 Å². The van der Waals surface area contributed by atoms with Crippen molar-refractivity contribution in [2.75, 3.05) is 13.2 Å². The fraction of sp³-hybridized carbons (Fsp3) is 0.760. The molecule has 0 aromatic heterocycles. The highest BCUT2D eigenvalue weighted by atomic mass is 16.7. The minimum Gasteiger partial charge on any atom is -0.394 e. The van der Waals surface area contributed by atoms with Crippen LogP contribution in [0.3, 0.4) is 0 Å². The van der Waals surface area contributed by atoms with Gasteiger partial charge in [0, 0.05) is 27.7 Å². The third-order valence-electron chi connectivity index (χ3n) is 6.71. The van der Waals surface area contributed by atoms with Gasteiger partial charge in [-0.3, -0.25) is 24.0 Å². The van der Waals surface area contributed by atoms with Gasteiger partial charge in [-0.15, -0.1) is 0 Å². The number of aliphatic hydroxyl groups excluding tert-OH is 4. The first kappa shape index (κ1) is 36.1. The van der Waals surface area contributed by atoms with E-state index in [0.29, 0.717) is 6.29 Å². The number of aliphatic hydroxyl groups is 4. The van der Waals surface area contributed by atoms with Crippen molar-refractivity contribution >= 4 is 36.2 Å². The molecule has 0 spiro atoms. The predicted octanol–water partition coefficient (Wildman–Crippen LogP) is -5.28. The molecule has 2 aliphatic rings. The lowest BCUT2D eigenvalue weighted by Gasteiger charge is -2.48. The van der Waals surface area contributed by atoms with Gasteiger partial charge in [-0.1, -0.05) is 0 Å². The molecule has 18 heteroatoms. The van der Waals surface area contributed by atoms with E-state index in [9.17, 15) is 49.2 Å². The lowest BCUT2D eigenvalue weighted by molar-refractivity contribution is -0.312. The first-order chi connectivity index (χ1) is 20.2. The van der Waals surface area contributed by atoms with Crippen molar-refractivity contribution in [2.45, 2.75) is 108 Å².